The molecule has 0 spiro atoms. The van der Waals surface area contributed by atoms with Crippen LogP contribution in [-0.2, 0) is 9.59 Å². The molecule has 4 aliphatic rings. The number of fused-ring (bicyclic) bond motifs is 5. The summed E-state index contributed by atoms with van der Waals surface area (Å²) in [4.78, 5) is 25.4. The number of rotatable bonds is 6. The fourth-order valence-electron chi connectivity index (χ4n) is 9.50. The zero-order valence-electron chi connectivity index (χ0n) is 21.2. The smallest absolute Gasteiger partial charge is 0.137 e. The van der Waals surface area contributed by atoms with Gasteiger partial charge in [0.25, 0.3) is 0 Å². The maximum atomic E-state index is 13.3. The second-order valence-electron chi connectivity index (χ2n) is 13.0. The fraction of sp³-hybridized carbons (Fsp3) is 0.931. The molecule has 9 atom stereocenters. The van der Waals surface area contributed by atoms with Gasteiger partial charge in [0, 0.05) is 25.2 Å². The summed E-state index contributed by atoms with van der Waals surface area (Å²) in [6, 6.07) is 0. The predicted octanol–water partition coefficient (Wildman–Crippen LogP) is 7.49. The van der Waals surface area contributed by atoms with E-state index in [1.54, 1.807) is 0 Å². The van der Waals surface area contributed by atoms with Crippen LogP contribution in [0.2, 0.25) is 0 Å². The SMILES string of the molecule is CC[C@H](CC[C@@H](C)[C@H]1CC[C@H]2[C@@H]3CC(=O)C4CC(=O)CC[C@]4(C)[C@@H]3CC[C@]12C)C(C)C. The van der Waals surface area contributed by atoms with Crippen LogP contribution in [-0.4, -0.2) is 11.6 Å². The maximum absolute atomic E-state index is 13.3. The number of carbonyl (C=O) groups excluding carboxylic acids is 2. The van der Waals surface area contributed by atoms with E-state index in [-0.39, 0.29) is 11.3 Å². The topological polar surface area (TPSA) is 34.1 Å². The van der Waals surface area contributed by atoms with Crippen molar-refractivity contribution in [1.29, 1.82) is 0 Å². The lowest BCUT2D eigenvalue weighted by Gasteiger charge is -2.59. The van der Waals surface area contributed by atoms with Crippen molar-refractivity contribution < 1.29 is 9.59 Å². The van der Waals surface area contributed by atoms with Gasteiger partial charge in [-0.3, -0.25) is 9.59 Å². The van der Waals surface area contributed by atoms with E-state index in [0.717, 1.165) is 42.4 Å². The molecule has 0 aliphatic heterocycles. The summed E-state index contributed by atoms with van der Waals surface area (Å²) in [6.45, 7) is 14.7. The van der Waals surface area contributed by atoms with Gasteiger partial charge in [-0.15, -0.1) is 0 Å². The van der Waals surface area contributed by atoms with Crippen LogP contribution in [0.25, 0.3) is 0 Å². The lowest BCUT2D eigenvalue weighted by Crippen LogP contribution is -2.56. The van der Waals surface area contributed by atoms with E-state index in [2.05, 4.69) is 41.5 Å². The lowest BCUT2D eigenvalue weighted by atomic mass is 9.44. The van der Waals surface area contributed by atoms with Crippen molar-refractivity contribution in [2.45, 2.75) is 112 Å². The molecule has 0 saturated heterocycles. The average molecular weight is 429 g/mol. The molecule has 176 valence electrons. The zero-order valence-corrected chi connectivity index (χ0v) is 21.2. The van der Waals surface area contributed by atoms with E-state index in [4.69, 9.17) is 0 Å². The summed E-state index contributed by atoms with van der Waals surface area (Å²) < 4.78 is 0. The van der Waals surface area contributed by atoms with Gasteiger partial charge in [0.15, 0.2) is 0 Å². The Labute approximate surface area is 191 Å². The predicted molar refractivity (Wildman–Crippen MR) is 128 cm³/mol. The van der Waals surface area contributed by atoms with E-state index in [1.807, 2.05) is 0 Å². The normalized spacial score (nSPS) is 44.5. The van der Waals surface area contributed by atoms with Gasteiger partial charge >= 0.3 is 0 Å². The van der Waals surface area contributed by atoms with Crippen molar-refractivity contribution in [2.75, 3.05) is 0 Å². The van der Waals surface area contributed by atoms with Gasteiger partial charge in [-0.05, 0) is 90.8 Å². The third-order valence-corrected chi connectivity index (χ3v) is 11.5. The molecular weight excluding hydrogens is 380 g/mol. The fourth-order valence-corrected chi connectivity index (χ4v) is 9.50. The summed E-state index contributed by atoms with van der Waals surface area (Å²) in [5.41, 5.74) is 0.513. The van der Waals surface area contributed by atoms with Crippen molar-refractivity contribution in [3.8, 4) is 0 Å². The molecule has 0 heterocycles. The molecule has 0 amide bonds. The quantitative estimate of drug-likeness (QED) is 0.439. The summed E-state index contributed by atoms with van der Waals surface area (Å²) in [5.74, 6) is 6.05. The summed E-state index contributed by atoms with van der Waals surface area (Å²) in [6.07, 6.45) is 12.4. The Morgan fingerprint density at radius 3 is 2.29 bits per heavy atom. The van der Waals surface area contributed by atoms with E-state index in [1.165, 1.54) is 44.9 Å². The van der Waals surface area contributed by atoms with Crippen molar-refractivity contribution in [1.82, 2.24) is 0 Å². The lowest BCUT2D eigenvalue weighted by molar-refractivity contribution is -0.159. The van der Waals surface area contributed by atoms with Gasteiger partial charge in [0.1, 0.15) is 11.6 Å². The van der Waals surface area contributed by atoms with E-state index < -0.39 is 0 Å². The Morgan fingerprint density at radius 2 is 1.61 bits per heavy atom. The highest BCUT2D eigenvalue weighted by molar-refractivity contribution is 5.90. The minimum absolute atomic E-state index is 0.0255. The first-order chi connectivity index (χ1) is 14.6. The Morgan fingerprint density at radius 1 is 0.903 bits per heavy atom. The largest absolute Gasteiger partial charge is 0.300 e. The van der Waals surface area contributed by atoms with Crippen LogP contribution in [0.3, 0.4) is 0 Å². The molecule has 1 unspecified atom stereocenters. The van der Waals surface area contributed by atoms with Crippen LogP contribution in [0.4, 0.5) is 0 Å². The molecule has 0 N–H and O–H groups in total. The zero-order chi connectivity index (χ0) is 22.6. The van der Waals surface area contributed by atoms with Crippen LogP contribution in [0.15, 0.2) is 0 Å². The monoisotopic (exact) mass is 428 g/mol. The number of hydrogen-bond acceptors (Lipinski definition) is 2. The molecule has 0 aromatic rings. The highest BCUT2D eigenvalue weighted by atomic mass is 16.1. The molecule has 4 fully saturated rings. The average Bonchev–Trinajstić information content (AvgIpc) is 3.07. The Kier molecular flexibility index (Phi) is 6.52. The molecule has 4 saturated carbocycles. The molecular formula is C29H48O2. The molecule has 4 aliphatic carbocycles. The molecule has 2 nitrogen and oxygen atoms in total. The third kappa shape index (κ3) is 3.86. The van der Waals surface area contributed by atoms with Gasteiger partial charge in [0.2, 0.25) is 0 Å². The first kappa shape index (κ1) is 23.5. The minimum atomic E-state index is 0.0255. The van der Waals surface area contributed by atoms with Gasteiger partial charge in [-0.2, -0.15) is 0 Å². The standard InChI is InChI=1S/C29H48O2/c1-7-20(18(2)3)9-8-19(4)23-10-11-24-22-17-27(31)26-16-21(30)12-14-29(26,6)25(22)13-15-28(23,24)5/h18-20,22-26H,7-17H2,1-6H3/t19-,20-,22+,23-,24+,25-,26?,28-,29-/m1/s1. The van der Waals surface area contributed by atoms with Crippen molar-refractivity contribution in [3.63, 3.8) is 0 Å². The molecule has 0 bridgehead atoms. The molecule has 0 aromatic carbocycles. The number of carbonyl (C=O) groups is 2. The Bertz CT molecular complexity index is 695. The van der Waals surface area contributed by atoms with Gasteiger partial charge in [-0.25, -0.2) is 0 Å². The second-order valence-corrected chi connectivity index (χ2v) is 13.0. The van der Waals surface area contributed by atoms with Gasteiger partial charge in [-0.1, -0.05) is 54.4 Å². The van der Waals surface area contributed by atoms with Crippen molar-refractivity contribution in [2.24, 2.45) is 58.2 Å². The van der Waals surface area contributed by atoms with Crippen LogP contribution in [0.5, 0.6) is 0 Å². The number of Topliss-reactive ketones (excluding diaryl/α,β-unsaturated/α-hetero) is 2. The summed E-state index contributed by atoms with van der Waals surface area (Å²) in [7, 11) is 0. The molecule has 2 heteroatoms. The number of hydrogen-bond donors (Lipinski definition) is 0. The van der Waals surface area contributed by atoms with Crippen LogP contribution in [0.1, 0.15) is 112 Å². The van der Waals surface area contributed by atoms with E-state index in [9.17, 15) is 9.59 Å². The first-order valence-corrected chi connectivity index (χ1v) is 13.7. The number of ketones is 2. The molecule has 0 radical (unpaired) electrons. The molecule has 0 aromatic heterocycles. The Hall–Kier alpha value is -0.660. The van der Waals surface area contributed by atoms with Crippen molar-refractivity contribution >= 4 is 11.6 Å². The van der Waals surface area contributed by atoms with Gasteiger partial charge < -0.3 is 0 Å². The van der Waals surface area contributed by atoms with Crippen LogP contribution < -0.4 is 0 Å². The third-order valence-electron chi connectivity index (χ3n) is 11.5. The highest BCUT2D eigenvalue weighted by Gasteiger charge is 2.62. The summed E-state index contributed by atoms with van der Waals surface area (Å²) in [5, 5.41) is 0. The van der Waals surface area contributed by atoms with Crippen LogP contribution >= 0.6 is 0 Å². The highest BCUT2D eigenvalue weighted by Crippen LogP contribution is 2.67. The van der Waals surface area contributed by atoms with E-state index in [0.29, 0.717) is 41.7 Å². The summed E-state index contributed by atoms with van der Waals surface area (Å²) >= 11 is 0. The Balaban J connectivity index is 1.49. The minimum Gasteiger partial charge on any atom is -0.300 e. The van der Waals surface area contributed by atoms with Crippen molar-refractivity contribution in [3.05, 3.63) is 0 Å². The molecule has 31 heavy (non-hydrogen) atoms. The second kappa shape index (κ2) is 8.60. The van der Waals surface area contributed by atoms with E-state index >= 15 is 0 Å². The molecule has 4 rings (SSSR count). The maximum Gasteiger partial charge on any atom is 0.137 e. The van der Waals surface area contributed by atoms with Gasteiger partial charge in [0.05, 0.1) is 0 Å². The van der Waals surface area contributed by atoms with Crippen LogP contribution in [0, 0.1) is 58.2 Å². The first-order valence-electron chi connectivity index (χ1n) is 13.7.